The van der Waals surface area contributed by atoms with E-state index in [1.54, 1.807) is 18.6 Å². The van der Waals surface area contributed by atoms with Crippen molar-refractivity contribution in [1.82, 2.24) is 4.57 Å². The normalized spacial score (nSPS) is 12.5. The van der Waals surface area contributed by atoms with Crippen molar-refractivity contribution >= 4 is 21.9 Å². The van der Waals surface area contributed by atoms with Gasteiger partial charge in [0.15, 0.2) is 0 Å². The molecule has 0 saturated carbocycles. The lowest BCUT2D eigenvalue weighted by molar-refractivity contribution is 0.0693. The predicted molar refractivity (Wildman–Crippen MR) is 66.7 cm³/mol. The van der Waals surface area contributed by atoms with E-state index in [0.717, 1.165) is 0 Å². The summed E-state index contributed by atoms with van der Waals surface area (Å²) in [6, 6.07) is -0.0463. The van der Waals surface area contributed by atoms with Crippen molar-refractivity contribution in [2.45, 2.75) is 19.9 Å². The largest absolute Gasteiger partial charge is 0.477 e. The molecule has 1 aromatic rings. The summed E-state index contributed by atoms with van der Waals surface area (Å²) >= 11 is 3.13. The summed E-state index contributed by atoms with van der Waals surface area (Å²) in [5.41, 5.74) is -0.0640. The summed E-state index contributed by atoms with van der Waals surface area (Å²) in [4.78, 5) is 22.6. The Morgan fingerprint density at radius 2 is 2.24 bits per heavy atom. The van der Waals surface area contributed by atoms with Crippen molar-refractivity contribution in [3.8, 4) is 0 Å². The number of carboxylic acids is 1. The van der Waals surface area contributed by atoms with Gasteiger partial charge in [0.05, 0.1) is 17.1 Å². The van der Waals surface area contributed by atoms with Crippen molar-refractivity contribution in [3.63, 3.8) is 0 Å². The van der Waals surface area contributed by atoms with E-state index in [0.29, 0.717) is 12.3 Å². The van der Waals surface area contributed by atoms with Crippen LogP contribution in [0.4, 0.5) is 0 Å². The summed E-state index contributed by atoms with van der Waals surface area (Å²) < 4.78 is 7.02. The van der Waals surface area contributed by atoms with Gasteiger partial charge in [-0.05, 0) is 29.8 Å². The Morgan fingerprint density at radius 1 is 1.65 bits per heavy atom. The van der Waals surface area contributed by atoms with E-state index in [1.807, 2.05) is 6.92 Å². The summed E-state index contributed by atoms with van der Waals surface area (Å²) in [5.74, 6) is -1.23. The third kappa shape index (κ3) is 2.76. The van der Waals surface area contributed by atoms with E-state index in [-0.39, 0.29) is 16.1 Å². The molecule has 17 heavy (non-hydrogen) atoms. The molecule has 0 saturated heterocycles. The highest BCUT2D eigenvalue weighted by Crippen LogP contribution is 2.17. The van der Waals surface area contributed by atoms with Crippen LogP contribution in [0.25, 0.3) is 0 Å². The molecule has 0 radical (unpaired) electrons. The first-order valence-electron chi connectivity index (χ1n) is 5.03. The van der Waals surface area contributed by atoms with Gasteiger partial charge in [-0.3, -0.25) is 4.79 Å². The van der Waals surface area contributed by atoms with Crippen LogP contribution in [0.1, 0.15) is 29.0 Å². The minimum atomic E-state index is -1.23. The zero-order chi connectivity index (χ0) is 13.2. The van der Waals surface area contributed by atoms with E-state index in [4.69, 9.17) is 9.84 Å². The lowest BCUT2D eigenvalue weighted by Gasteiger charge is -2.19. The van der Waals surface area contributed by atoms with Crippen LogP contribution in [-0.2, 0) is 4.74 Å². The Kier molecular flexibility index (Phi) is 4.47. The molecule has 0 fully saturated rings. The maximum absolute atomic E-state index is 11.7. The summed E-state index contributed by atoms with van der Waals surface area (Å²) in [7, 11) is 1.57. The minimum absolute atomic E-state index is 0.0463. The molecule has 0 spiro atoms. The van der Waals surface area contributed by atoms with E-state index in [9.17, 15) is 9.59 Å². The van der Waals surface area contributed by atoms with Crippen LogP contribution in [0.3, 0.4) is 0 Å². The Labute approximate surface area is 107 Å². The number of hydrogen-bond acceptors (Lipinski definition) is 3. The smallest absolute Gasteiger partial charge is 0.341 e. The Bertz CT molecular complexity index is 495. The Balaban J connectivity index is 3.42. The van der Waals surface area contributed by atoms with Crippen LogP contribution in [0.5, 0.6) is 0 Å². The number of pyridine rings is 1. The van der Waals surface area contributed by atoms with Crippen LogP contribution in [-0.4, -0.2) is 29.4 Å². The number of ether oxygens (including phenoxy) is 1. The molecule has 1 N–H and O–H groups in total. The molecule has 5 nitrogen and oxygen atoms in total. The summed E-state index contributed by atoms with van der Waals surface area (Å²) in [5, 5.41) is 8.95. The molecule has 94 valence electrons. The third-order valence-electron chi connectivity index (χ3n) is 2.53. The van der Waals surface area contributed by atoms with Gasteiger partial charge in [-0.2, -0.15) is 0 Å². The second kappa shape index (κ2) is 5.46. The van der Waals surface area contributed by atoms with Gasteiger partial charge in [0.25, 0.3) is 0 Å². The van der Waals surface area contributed by atoms with E-state index < -0.39 is 11.4 Å². The highest BCUT2D eigenvalue weighted by atomic mass is 79.9. The number of carbonyl (C=O) groups is 1. The van der Waals surface area contributed by atoms with Crippen molar-refractivity contribution in [2.24, 2.45) is 0 Å². The molecule has 6 heteroatoms. The monoisotopic (exact) mass is 303 g/mol. The van der Waals surface area contributed by atoms with E-state index in [2.05, 4.69) is 15.9 Å². The van der Waals surface area contributed by atoms with Gasteiger partial charge >= 0.3 is 5.97 Å². The molecule has 0 aliphatic heterocycles. The number of nitrogens with zero attached hydrogens (tertiary/aromatic N) is 1. The van der Waals surface area contributed by atoms with Gasteiger partial charge in [-0.1, -0.05) is 0 Å². The van der Waals surface area contributed by atoms with Gasteiger partial charge in [0, 0.05) is 19.0 Å². The zero-order valence-corrected chi connectivity index (χ0v) is 11.4. The maximum atomic E-state index is 11.7. The fraction of sp³-hybridized carbons (Fsp3) is 0.455. The number of carboxylic acid groups (broad SMARTS) is 1. The van der Waals surface area contributed by atoms with E-state index in [1.165, 1.54) is 6.20 Å². The minimum Gasteiger partial charge on any atom is -0.477 e. The van der Waals surface area contributed by atoms with Crippen LogP contribution in [0.2, 0.25) is 0 Å². The first-order chi connectivity index (χ1) is 7.90. The molecular formula is C11H14BrNO4. The molecule has 0 aromatic carbocycles. The second-order valence-corrected chi connectivity index (χ2v) is 4.58. The third-order valence-corrected chi connectivity index (χ3v) is 3.46. The number of aromatic carboxylic acids is 1. The van der Waals surface area contributed by atoms with Gasteiger partial charge in [-0.15, -0.1) is 0 Å². The highest BCUT2D eigenvalue weighted by Gasteiger charge is 2.17. The molecule has 0 bridgehead atoms. The molecule has 1 unspecified atom stereocenters. The average molecular weight is 304 g/mol. The highest BCUT2D eigenvalue weighted by molar-refractivity contribution is 9.10. The molecule has 1 rings (SSSR count). The van der Waals surface area contributed by atoms with Gasteiger partial charge in [0.1, 0.15) is 5.56 Å². The lowest BCUT2D eigenvalue weighted by Crippen LogP contribution is -2.24. The summed E-state index contributed by atoms with van der Waals surface area (Å²) in [6.45, 7) is 4.08. The number of aromatic nitrogens is 1. The second-order valence-electron chi connectivity index (χ2n) is 3.79. The molecule has 0 aliphatic rings. The SMILES string of the molecule is COCC(C)n1cc(C(=O)O)c(=O)c(Br)c1C. The topological polar surface area (TPSA) is 68.5 Å². The first-order valence-corrected chi connectivity index (χ1v) is 5.83. The van der Waals surface area contributed by atoms with Gasteiger partial charge in [-0.25, -0.2) is 4.79 Å². The number of hydrogen-bond donors (Lipinski definition) is 1. The van der Waals surface area contributed by atoms with Crippen LogP contribution in [0, 0.1) is 6.92 Å². The standard InChI is InChI=1S/C11H14BrNO4/c1-6(5-17-3)13-4-8(11(15)16)10(14)9(12)7(13)2/h4,6H,5H2,1-3H3,(H,15,16). The predicted octanol–water partition coefficient (Wildman–Crippen LogP) is 1.82. The van der Waals surface area contributed by atoms with Crippen molar-refractivity contribution < 1.29 is 14.6 Å². The molecule has 0 aliphatic carbocycles. The van der Waals surface area contributed by atoms with Crippen LogP contribution < -0.4 is 5.43 Å². The number of rotatable bonds is 4. The van der Waals surface area contributed by atoms with Crippen LogP contribution in [0.15, 0.2) is 15.5 Å². The first kappa shape index (κ1) is 13.9. The zero-order valence-electron chi connectivity index (χ0n) is 9.86. The number of halogens is 1. The fourth-order valence-electron chi connectivity index (χ4n) is 1.62. The van der Waals surface area contributed by atoms with Crippen molar-refractivity contribution in [1.29, 1.82) is 0 Å². The molecular weight excluding hydrogens is 290 g/mol. The number of methoxy groups -OCH3 is 1. The van der Waals surface area contributed by atoms with Gasteiger partial charge < -0.3 is 14.4 Å². The Hall–Kier alpha value is -1.14. The maximum Gasteiger partial charge on any atom is 0.341 e. The molecule has 0 amide bonds. The van der Waals surface area contributed by atoms with Crippen LogP contribution >= 0.6 is 15.9 Å². The molecule has 1 atom stereocenters. The van der Waals surface area contributed by atoms with Crippen molar-refractivity contribution in [3.05, 3.63) is 32.2 Å². The molecule has 1 heterocycles. The van der Waals surface area contributed by atoms with E-state index >= 15 is 0 Å². The Morgan fingerprint density at radius 3 is 2.71 bits per heavy atom. The summed E-state index contributed by atoms with van der Waals surface area (Å²) in [6.07, 6.45) is 1.36. The quantitative estimate of drug-likeness (QED) is 0.921. The van der Waals surface area contributed by atoms with Crippen molar-refractivity contribution in [2.75, 3.05) is 13.7 Å². The van der Waals surface area contributed by atoms with Gasteiger partial charge in [0.2, 0.25) is 5.43 Å². The molecule has 1 aromatic heterocycles. The lowest BCUT2D eigenvalue weighted by atomic mass is 10.2. The average Bonchev–Trinajstić information content (AvgIpc) is 2.26. The fourth-order valence-corrected chi connectivity index (χ4v) is 2.04.